The van der Waals surface area contributed by atoms with Crippen LogP contribution in [0.15, 0.2) is 36.4 Å². The van der Waals surface area contributed by atoms with Crippen molar-refractivity contribution in [1.29, 1.82) is 0 Å². The summed E-state index contributed by atoms with van der Waals surface area (Å²) in [7, 11) is -3.76. The maximum absolute atomic E-state index is 13.0. The van der Waals surface area contributed by atoms with Crippen molar-refractivity contribution in [2.45, 2.75) is 13.1 Å². The van der Waals surface area contributed by atoms with Crippen LogP contribution in [0.25, 0.3) is 0 Å². The zero-order chi connectivity index (χ0) is 22.0. The molecule has 12 heteroatoms. The van der Waals surface area contributed by atoms with Crippen molar-refractivity contribution in [3.05, 3.63) is 52.5 Å². The van der Waals surface area contributed by atoms with Crippen molar-refractivity contribution in [1.82, 2.24) is 0 Å². The molecule has 0 radical (unpaired) electrons. The largest absolute Gasteiger partial charge is 0.417 e. The Bertz CT molecular complexity index is 1070. The van der Waals surface area contributed by atoms with E-state index < -0.39 is 38.6 Å². The van der Waals surface area contributed by atoms with Gasteiger partial charge in [-0.3, -0.25) is 14.3 Å². The fourth-order valence-electron chi connectivity index (χ4n) is 2.32. The number of anilines is 3. The maximum atomic E-state index is 13.0. The number of benzene rings is 2. The molecule has 0 saturated carbocycles. The summed E-state index contributed by atoms with van der Waals surface area (Å²) >= 11 is 5.55. The van der Waals surface area contributed by atoms with E-state index in [1.54, 1.807) is 0 Å². The number of hydrogen-bond acceptors (Lipinski definition) is 4. The summed E-state index contributed by atoms with van der Waals surface area (Å²) in [5.74, 6) is -1.34. The van der Waals surface area contributed by atoms with E-state index in [0.29, 0.717) is 6.07 Å². The highest BCUT2D eigenvalue weighted by Gasteiger charge is 2.33. The fraction of sp³-hybridized carbons (Fsp3) is 0.176. The molecule has 0 aliphatic carbocycles. The number of sulfonamides is 1. The Morgan fingerprint density at radius 3 is 2.14 bits per heavy atom. The molecule has 0 aliphatic rings. The minimum absolute atomic E-state index is 0.121. The van der Waals surface area contributed by atoms with Gasteiger partial charge in [0.25, 0.3) is 5.91 Å². The number of amides is 2. The third kappa shape index (κ3) is 6.36. The van der Waals surface area contributed by atoms with Crippen molar-refractivity contribution in [3.63, 3.8) is 0 Å². The lowest BCUT2D eigenvalue weighted by atomic mass is 10.1. The van der Waals surface area contributed by atoms with E-state index in [4.69, 9.17) is 11.6 Å². The Hall–Kier alpha value is -2.79. The van der Waals surface area contributed by atoms with Gasteiger partial charge in [-0.05, 0) is 36.4 Å². The minimum Gasteiger partial charge on any atom is -0.326 e. The van der Waals surface area contributed by atoms with Crippen LogP contribution in [0.1, 0.15) is 22.8 Å². The van der Waals surface area contributed by atoms with Gasteiger partial charge in [-0.25, -0.2) is 8.42 Å². The molecule has 0 spiro atoms. The van der Waals surface area contributed by atoms with Gasteiger partial charge in [0, 0.05) is 18.3 Å². The van der Waals surface area contributed by atoms with Gasteiger partial charge in [-0.2, -0.15) is 13.2 Å². The third-order valence-corrected chi connectivity index (χ3v) is 4.33. The molecule has 2 aromatic rings. The Morgan fingerprint density at radius 2 is 1.59 bits per heavy atom. The van der Waals surface area contributed by atoms with Crippen LogP contribution >= 0.6 is 11.6 Å². The molecule has 0 saturated heterocycles. The van der Waals surface area contributed by atoms with E-state index in [1.165, 1.54) is 25.1 Å². The minimum atomic E-state index is -4.73. The van der Waals surface area contributed by atoms with Crippen LogP contribution in [-0.4, -0.2) is 26.5 Å². The normalized spacial score (nSPS) is 11.7. The smallest absolute Gasteiger partial charge is 0.326 e. The first-order valence-electron chi connectivity index (χ1n) is 7.84. The molecular weight excluding hydrogens is 435 g/mol. The van der Waals surface area contributed by atoms with Crippen molar-refractivity contribution < 1.29 is 31.2 Å². The van der Waals surface area contributed by atoms with Gasteiger partial charge in [0.2, 0.25) is 15.9 Å². The Morgan fingerprint density at radius 1 is 1.00 bits per heavy atom. The summed E-state index contributed by atoms with van der Waals surface area (Å²) < 4.78 is 64.2. The van der Waals surface area contributed by atoms with E-state index in [0.717, 1.165) is 18.4 Å². The predicted molar refractivity (Wildman–Crippen MR) is 104 cm³/mol. The zero-order valence-electron chi connectivity index (χ0n) is 15.0. The second-order valence-electron chi connectivity index (χ2n) is 5.96. The molecule has 2 amide bonds. The van der Waals surface area contributed by atoms with Crippen molar-refractivity contribution in [2.24, 2.45) is 0 Å². The topological polar surface area (TPSA) is 104 Å². The number of alkyl halides is 3. The second-order valence-corrected chi connectivity index (χ2v) is 8.12. The molecule has 0 fully saturated rings. The SMILES string of the molecule is CC(=O)Nc1ccc(NS(C)(=O)=O)c(C(=O)Nc2ccc(Cl)c(C(F)(F)F)c2)c1. The van der Waals surface area contributed by atoms with Crippen molar-refractivity contribution in [2.75, 3.05) is 21.6 Å². The summed E-state index contributed by atoms with van der Waals surface area (Å²) in [6, 6.07) is 6.58. The number of carbonyl (C=O) groups is 2. The molecule has 2 aromatic carbocycles. The molecule has 7 nitrogen and oxygen atoms in total. The second kappa shape index (κ2) is 8.29. The lowest BCUT2D eigenvalue weighted by Gasteiger charge is -2.15. The quantitative estimate of drug-likeness (QED) is 0.643. The number of hydrogen-bond donors (Lipinski definition) is 3. The molecule has 0 heterocycles. The van der Waals surface area contributed by atoms with Crippen LogP contribution in [0.5, 0.6) is 0 Å². The standard InChI is InChI=1S/C17H15ClF3N3O4S/c1-9(25)22-10-4-6-15(24-29(2,27)28)12(7-10)16(26)23-11-3-5-14(18)13(8-11)17(19,20)21/h3-8,24H,1-2H3,(H,22,25)(H,23,26). The summed E-state index contributed by atoms with van der Waals surface area (Å²) in [5.41, 5.74) is -1.50. The molecule has 0 atom stereocenters. The van der Waals surface area contributed by atoms with Gasteiger partial charge in [0.15, 0.2) is 0 Å². The number of halogens is 4. The van der Waals surface area contributed by atoms with Gasteiger partial charge in [0.1, 0.15) is 0 Å². The Kier molecular flexibility index (Phi) is 6.43. The maximum Gasteiger partial charge on any atom is 0.417 e. The number of carbonyl (C=O) groups excluding carboxylic acids is 2. The highest BCUT2D eigenvalue weighted by Crippen LogP contribution is 2.36. The van der Waals surface area contributed by atoms with E-state index in [2.05, 4.69) is 15.4 Å². The first-order valence-corrected chi connectivity index (χ1v) is 10.1. The average Bonchev–Trinajstić information content (AvgIpc) is 2.55. The van der Waals surface area contributed by atoms with Crippen LogP contribution in [0.4, 0.5) is 30.2 Å². The predicted octanol–water partition coefficient (Wildman–Crippen LogP) is 3.94. The lowest BCUT2D eigenvalue weighted by molar-refractivity contribution is -0.137. The van der Waals surface area contributed by atoms with Gasteiger partial charge < -0.3 is 10.6 Å². The first-order chi connectivity index (χ1) is 13.3. The monoisotopic (exact) mass is 449 g/mol. The fourth-order valence-corrected chi connectivity index (χ4v) is 3.12. The summed E-state index contributed by atoms with van der Waals surface area (Å²) in [4.78, 5) is 23.9. The first kappa shape index (κ1) is 22.5. The molecular formula is C17H15ClF3N3O4S. The summed E-state index contributed by atoms with van der Waals surface area (Å²) in [6.07, 6.45) is -3.86. The molecule has 0 bridgehead atoms. The van der Waals surface area contributed by atoms with Crippen molar-refractivity contribution >= 4 is 50.5 Å². The van der Waals surface area contributed by atoms with Crippen LogP contribution in [0, 0.1) is 0 Å². The zero-order valence-corrected chi connectivity index (χ0v) is 16.6. The Labute approximate surface area is 169 Å². The lowest BCUT2D eigenvalue weighted by Crippen LogP contribution is -2.18. The molecule has 2 rings (SSSR count). The van der Waals surface area contributed by atoms with Crippen molar-refractivity contribution in [3.8, 4) is 0 Å². The highest BCUT2D eigenvalue weighted by atomic mass is 35.5. The third-order valence-electron chi connectivity index (χ3n) is 3.41. The Balaban J connectivity index is 2.44. The molecule has 3 N–H and O–H groups in total. The van der Waals surface area contributed by atoms with Crippen LogP contribution in [0.3, 0.4) is 0 Å². The van der Waals surface area contributed by atoms with E-state index >= 15 is 0 Å². The number of nitrogens with one attached hydrogen (secondary N) is 3. The van der Waals surface area contributed by atoms with Gasteiger partial charge in [-0.15, -0.1) is 0 Å². The average molecular weight is 450 g/mol. The molecule has 29 heavy (non-hydrogen) atoms. The number of rotatable bonds is 5. The van der Waals surface area contributed by atoms with Gasteiger partial charge in [0.05, 0.1) is 28.1 Å². The molecule has 0 aromatic heterocycles. The van der Waals surface area contributed by atoms with E-state index in [9.17, 15) is 31.2 Å². The van der Waals surface area contributed by atoms with Crippen LogP contribution in [-0.2, 0) is 21.0 Å². The van der Waals surface area contributed by atoms with Crippen LogP contribution in [0.2, 0.25) is 5.02 Å². The van der Waals surface area contributed by atoms with Gasteiger partial charge >= 0.3 is 6.18 Å². The van der Waals surface area contributed by atoms with E-state index in [-0.39, 0.29) is 22.6 Å². The summed E-state index contributed by atoms with van der Waals surface area (Å²) in [6.45, 7) is 1.23. The van der Waals surface area contributed by atoms with E-state index in [1.807, 2.05) is 0 Å². The van der Waals surface area contributed by atoms with Crippen LogP contribution < -0.4 is 15.4 Å². The molecule has 0 aliphatic heterocycles. The highest BCUT2D eigenvalue weighted by molar-refractivity contribution is 7.92. The summed E-state index contributed by atoms with van der Waals surface area (Å²) in [5, 5.41) is 4.15. The van der Waals surface area contributed by atoms with Gasteiger partial charge in [-0.1, -0.05) is 11.6 Å². The molecule has 0 unspecified atom stereocenters. The molecule has 156 valence electrons.